The predicted octanol–water partition coefficient (Wildman–Crippen LogP) is 5.57. The van der Waals surface area contributed by atoms with Gasteiger partial charge in [0.2, 0.25) is 0 Å². The largest absolute Gasteiger partial charge is 0.478 e. The minimum Gasteiger partial charge on any atom is -0.478 e. The summed E-state index contributed by atoms with van der Waals surface area (Å²) in [5, 5.41) is 9.68. The maximum Gasteiger partial charge on any atom is 0.335 e. The third-order valence-corrected chi connectivity index (χ3v) is 8.39. The van der Waals surface area contributed by atoms with E-state index in [0.29, 0.717) is 5.16 Å². The fraction of sp³-hybridized carbons (Fsp3) is 0.400. The first kappa shape index (κ1) is 27.1. The standard InChI is InChI=1S/C30H35N5O3S/c1-30(2,3)34-20-26(22-7-5-4-6-8-22)35(29(34)38)24-13-15-33(16-14-24)19-21-17-31-28(32-18-21)39-25-11-9-23(10-12-25)27(36)37/h4-12,17-18,24,26H,13-16,19-20H2,1-3H3,(H,36,37). The van der Waals surface area contributed by atoms with Gasteiger partial charge in [0.1, 0.15) is 0 Å². The number of hydrogen-bond acceptors (Lipinski definition) is 6. The van der Waals surface area contributed by atoms with E-state index in [9.17, 15) is 9.59 Å². The van der Waals surface area contributed by atoms with Crippen molar-refractivity contribution in [2.75, 3.05) is 19.6 Å². The van der Waals surface area contributed by atoms with Gasteiger partial charge in [-0.05, 0) is 75.2 Å². The van der Waals surface area contributed by atoms with Crippen LogP contribution < -0.4 is 0 Å². The van der Waals surface area contributed by atoms with Gasteiger partial charge in [0.15, 0.2) is 5.16 Å². The topological polar surface area (TPSA) is 89.9 Å². The van der Waals surface area contributed by atoms with Gasteiger partial charge in [0, 0.05) is 60.6 Å². The van der Waals surface area contributed by atoms with Crippen LogP contribution in [0.15, 0.2) is 77.0 Å². The highest BCUT2D eigenvalue weighted by Crippen LogP contribution is 2.37. The summed E-state index contributed by atoms with van der Waals surface area (Å²) in [5.74, 6) is -0.939. The Morgan fingerprint density at radius 3 is 2.23 bits per heavy atom. The van der Waals surface area contributed by atoms with E-state index in [-0.39, 0.29) is 29.2 Å². The van der Waals surface area contributed by atoms with Crippen LogP contribution in [0.25, 0.3) is 0 Å². The minimum atomic E-state index is -0.939. The molecule has 0 aliphatic carbocycles. The molecule has 0 saturated carbocycles. The molecule has 0 bridgehead atoms. The zero-order valence-corrected chi connectivity index (χ0v) is 23.5. The molecule has 2 saturated heterocycles. The lowest BCUT2D eigenvalue weighted by molar-refractivity contribution is 0.0696. The number of hydrogen-bond donors (Lipinski definition) is 1. The molecule has 3 heterocycles. The molecule has 5 rings (SSSR count). The second kappa shape index (κ2) is 11.4. The Bertz CT molecular complexity index is 1290. The van der Waals surface area contributed by atoms with Crippen LogP contribution in [0.4, 0.5) is 4.79 Å². The van der Waals surface area contributed by atoms with Crippen molar-refractivity contribution in [1.82, 2.24) is 24.7 Å². The lowest BCUT2D eigenvalue weighted by Crippen LogP contribution is -2.49. The summed E-state index contributed by atoms with van der Waals surface area (Å²) in [6, 6.07) is 17.6. The number of rotatable bonds is 7. The second-order valence-electron chi connectivity index (χ2n) is 11.2. The second-order valence-corrected chi connectivity index (χ2v) is 12.3. The van der Waals surface area contributed by atoms with Gasteiger partial charge in [-0.15, -0.1) is 0 Å². The van der Waals surface area contributed by atoms with Crippen molar-refractivity contribution in [2.24, 2.45) is 0 Å². The van der Waals surface area contributed by atoms with Gasteiger partial charge in [0.05, 0.1) is 11.6 Å². The molecule has 2 aliphatic heterocycles. The van der Waals surface area contributed by atoms with Crippen LogP contribution in [-0.4, -0.2) is 73.0 Å². The summed E-state index contributed by atoms with van der Waals surface area (Å²) >= 11 is 1.41. The molecule has 2 aromatic carbocycles. The van der Waals surface area contributed by atoms with E-state index < -0.39 is 5.97 Å². The number of piperidine rings is 1. The fourth-order valence-corrected chi connectivity index (χ4v) is 6.08. The number of benzene rings is 2. The van der Waals surface area contributed by atoms with E-state index in [1.807, 2.05) is 23.4 Å². The van der Waals surface area contributed by atoms with Crippen molar-refractivity contribution in [1.29, 1.82) is 0 Å². The number of carbonyl (C=O) groups is 2. The van der Waals surface area contributed by atoms with E-state index in [2.05, 4.69) is 64.8 Å². The van der Waals surface area contributed by atoms with Crippen molar-refractivity contribution in [2.45, 2.75) is 67.8 Å². The third kappa shape index (κ3) is 6.25. The van der Waals surface area contributed by atoms with E-state index in [1.54, 1.807) is 24.3 Å². The predicted molar refractivity (Wildman–Crippen MR) is 151 cm³/mol. The number of amides is 2. The van der Waals surface area contributed by atoms with E-state index in [1.165, 1.54) is 17.3 Å². The number of urea groups is 1. The maximum atomic E-state index is 13.6. The van der Waals surface area contributed by atoms with Gasteiger partial charge in [0.25, 0.3) is 0 Å². The Hall–Kier alpha value is -3.43. The van der Waals surface area contributed by atoms with E-state index in [4.69, 9.17) is 5.11 Å². The summed E-state index contributed by atoms with van der Waals surface area (Å²) in [6.45, 7) is 9.66. The van der Waals surface area contributed by atoms with Gasteiger partial charge in [-0.1, -0.05) is 30.3 Å². The van der Waals surface area contributed by atoms with Gasteiger partial charge in [-0.25, -0.2) is 19.6 Å². The first-order valence-electron chi connectivity index (χ1n) is 13.4. The quantitative estimate of drug-likeness (QED) is 0.388. The fourth-order valence-electron chi connectivity index (χ4n) is 5.39. The summed E-state index contributed by atoms with van der Waals surface area (Å²) in [5.41, 5.74) is 2.30. The normalized spacial score (nSPS) is 19.1. The average Bonchev–Trinajstić information content (AvgIpc) is 3.29. The van der Waals surface area contributed by atoms with Crippen LogP contribution >= 0.6 is 11.8 Å². The van der Waals surface area contributed by atoms with Crippen molar-refractivity contribution < 1.29 is 14.7 Å². The van der Waals surface area contributed by atoms with Crippen molar-refractivity contribution >= 4 is 23.8 Å². The number of carboxylic acids is 1. The van der Waals surface area contributed by atoms with E-state index in [0.717, 1.165) is 49.5 Å². The highest BCUT2D eigenvalue weighted by Gasteiger charge is 2.46. The molecule has 2 fully saturated rings. The molecule has 2 amide bonds. The molecule has 1 atom stereocenters. The molecule has 1 N–H and O–H groups in total. The molecule has 1 unspecified atom stereocenters. The SMILES string of the molecule is CC(C)(C)N1CC(c2ccccc2)N(C2CCN(Cc3cnc(Sc4ccc(C(=O)O)cc4)nc3)CC2)C1=O. The minimum absolute atomic E-state index is 0.0771. The molecule has 3 aromatic rings. The number of carbonyl (C=O) groups excluding carboxylic acids is 1. The van der Waals surface area contributed by atoms with Crippen LogP contribution in [0, 0.1) is 0 Å². The molecule has 39 heavy (non-hydrogen) atoms. The highest BCUT2D eigenvalue weighted by atomic mass is 32.2. The summed E-state index contributed by atoms with van der Waals surface area (Å²) in [7, 11) is 0. The summed E-state index contributed by atoms with van der Waals surface area (Å²) < 4.78 is 0. The van der Waals surface area contributed by atoms with Crippen LogP contribution in [-0.2, 0) is 6.54 Å². The van der Waals surface area contributed by atoms with Crippen LogP contribution in [0.5, 0.6) is 0 Å². The Morgan fingerprint density at radius 2 is 1.64 bits per heavy atom. The summed E-state index contributed by atoms with van der Waals surface area (Å²) in [4.78, 5) is 41.1. The van der Waals surface area contributed by atoms with Crippen LogP contribution in [0.2, 0.25) is 0 Å². The first-order chi connectivity index (χ1) is 18.7. The molecule has 0 radical (unpaired) electrons. The Balaban J connectivity index is 1.19. The molecular formula is C30H35N5O3S. The number of aromatic nitrogens is 2. The number of aromatic carboxylic acids is 1. The third-order valence-electron chi connectivity index (χ3n) is 7.49. The number of nitrogens with zero attached hydrogens (tertiary/aromatic N) is 5. The van der Waals surface area contributed by atoms with Crippen molar-refractivity contribution in [3.8, 4) is 0 Å². The molecule has 1 aromatic heterocycles. The van der Waals surface area contributed by atoms with Gasteiger partial charge in [-0.3, -0.25) is 4.90 Å². The first-order valence-corrected chi connectivity index (χ1v) is 14.2. The zero-order valence-electron chi connectivity index (χ0n) is 22.7. The van der Waals surface area contributed by atoms with Crippen LogP contribution in [0.3, 0.4) is 0 Å². The maximum absolute atomic E-state index is 13.6. The molecule has 204 valence electrons. The lowest BCUT2D eigenvalue weighted by Gasteiger charge is -2.39. The Morgan fingerprint density at radius 1 is 1.00 bits per heavy atom. The Labute approximate surface area is 234 Å². The lowest BCUT2D eigenvalue weighted by atomic mass is 9.98. The highest BCUT2D eigenvalue weighted by molar-refractivity contribution is 7.99. The van der Waals surface area contributed by atoms with Crippen molar-refractivity contribution in [3.63, 3.8) is 0 Å². The molecule has 2 aliphatic rings. The number of carboxylic acid groups (broad SMARTS) is 1. The van der Waals surface area contributed by atoms with Gasteiger partial charge < -0.3 is 14.9 Å². The molecule has 8 nitrogen and oxygen atoms in total. The van der Waals surface area contributed by atoms with Gasteiger partial charge in [-0.2, -0.15) is 0 Å². The number of likely N-dealkylation sites (tertiary alicyclic amines) is 1. The molecular weight excluding hydrogens is 510 g/mol. The monoisotopic (exact) mass is 545 g/mol. The smallest absolute Gasteiger partial charge is 0.335 e. The van der Waals surface area contributed by atoms with Crippen LogP contribution in [0.1, 0.15) is 61.1 Å². The molecule has 9 heteroatoms. The van der Waals surface area contributed by atoms with Gasteiger partial charge >= 0.3 is 12.0 Å². The zero-order chi connectivity index (χ0) is 27.6. The summed E-state index contributed by atoms with van der Waals surface area (Å²) in [6.07, 6.45) is 5.61. The average molecular weight is 546 g/mol. The Kier molecular flexibility index (Phi) is 7.91. The van der Waals surface area contributed by atoms with E-state index >= 15 is 0 Å². The molecule has 0 spiro atoms. The van der Waals surface area contributed by atoms with Crippen molar-refractivity contribution in [3.05, 3.63) is 83.7 Å².